The van der Waals surface area contributed by atoms with Gasteiger partial charge < -0.3 is 5.73 Å². The zero-order valence-electron chi connectivity index (χ0n) is 6.97. The van der Waals surface area contributed by atoms with Gasteiger partial charge in [0, 0.05) is 12.0 Å². The lowest BCUT2D eigenvalue weighted by Crippen LogP contribution is -2.32. The zero-order valence-corrected chi connectivity index (χ0v) is 6.97. The third-order valence-electron chi connectivity index (χ3n) is 2.51. The lowest BCUT2D eigenvalue weighted by atomic mass is 9.75. The molecule has 0 saturated carbocycles. The second-order valence-corrected chi connectivity index (χ2v) is 3.38. The highest BCUT2D eigenvalue weighted by molar-refractivity contribution is 5.23. The Hall–Kier alpha value is -0.630. The Kier molecular flexibility index (Phi) is 2.14. The first-order valence-electron chi connectivity index (χ1n) is 3.85. The Labute approximate surface area is 66.8 Å². The van der Waals surface area contributed by atoms with Gasteiger partial charge in [0.15, 0.2) is 0 Å². The van der Waals surface area contributed by atoms with Crippen LogP contribution in [0.1, 0.15) is 13.8 Å². The van der Waals surface area contributed by atoms with E-state index in [0.717, 1.165) is 0 Å². The topological polar surface area (TPSA) is 26.0 Å². The molecule has 0 amide bonds. The van der Waals surface area contributed by atoms with Crippen LogP contribution < -0.4 is 5.73 Å². The van der Waals surface area contributed by atoms with Crippen LogP contribution in [0.2, 0.25) is 0 Å². The molecule has 0 bridgehead atoms. The molecule has 0 aromatic carbocycles. The third kappa shape index (κ3) is 1.51. The molecule has 0 heterocycles. The predicted octanol–water partition coefficient (Wildman–Crippen LogP) is 2.01. The van der Waals surface area contributed by atoms with Gasteiger partial charge in [-0.05, 0) is 18.1 Å². The smallest absolute Gasteiger partial charge is 0.119 e. The van der Waals surface area contributed by atoms with E-state index in [-0.39, 0.29) is 17.2 Å². The number of halogens is 1. The molecule has 1 unspecified atom stereocenters. The van der Waals surface area contributed by atoms with E-state index in [9.17, 15) is 4.39 Å². The van der Waals surface area contributed by atoms with E-state index >= 15 is 0 Å². The first-order valence-corrected chi connectivity index (χ1v) is 3.85. The highest BCUT2D eigenvalue weighted by atomic mass is 19.1. The molecule has 62 valence electrons. The van der Waals surface area contributed by atoms with Crippen molar-refractivity contribution in [1.82, 2.24) is 0 Å². The fourth-order valence-electron chi connectivity index (χ4n) is 1.16. The van der Waals surface area contributed by atoms with Crippen LogP contribution in [-0.2, 0) is 0 Å². The van der Waals surface area contributed by atoms with Crippen LogP contribution in [0.5, 0.6) is 0 Å². The Balaban J connectivity index is 2.84. The summed E-state index contributed by atoms with van der Waals surface area (Å²) in [5.41, 5.74) is 5.51. The van der Waals surface area contributed by atoms with E-state index in [1.807, 2.05) is 19.9 Å². The monoisotopic (exact) mass is 155 g/mol. The van der Waals surface area contributed by atoms with Crippen LogP contribution in [0.3, 0.4) is 0 Å². The van der Waals surface area contributed by atoms with Crippen LogP contribution in [0.4, 0.5) is 4.39 Å². The van der Waals surface area contributed by atoms with Gasteiger partial charge in [0.1, 0.15) is 5.83 Å². The van der Waals surface area contributed by atoms with Crippen molar-refractivity contribution in [3.63, 3.8) is 0 Å². The summed E-state index contributed by atoms with van der Waals surface area (Å²) in [5, 5.41) is 0. The highest BCUT2D eigenvalue weighted by Crippen LogP contribution is 2.33. The standard InChI is InChI=1S/C9H14FN/c1-7-5-8(10)3-4-9(7,2)6-11/h3-5,7H,6,11H2,1-2H3/t7?,9-/m0/s1. The van der Waals surface area contributed by atoms with Gasteiger partial charge in [-0.15, -0.1) is 0 Å². The third-order valence-corrected chi connectivity index (χ3v) is 2.51. The fraction of sp³-hybridized carbons (Fsp3) is 0.556. The molecule has 1 nitrogen and oxygen atoms in total. The van der Waals surface area contributed by atoms with Crippen LogP contribution in [0, 0.1) is 11.3 Å². The minimum Gasteiger partial charge on any atom is -0.330 e. The maximum atomic E-state index is 12.6. The average molecular weight is 155 g/mol. The van der Waals surface area contributed by atoms with E-state index in [2.05, 4.69) is 0 Å². The summed E-state index contributed by atoms with van der Waals surface area (Å²) < 4.78 is 12.6. The quantitative estimate of drug-likeness (QED) is 0.616. The number of hydrogen-bond acceptors (Lipinski definition) is 1. The van der Waals surface area contributed by atoms with Crippen molar-refractivity contribution in [2.45, 2.75) is 13.8 Å². The average Bonchev–Trinajstić information content (AvgIpc) is 1.98. The summed E-state index contributed by atoms with van der Waals surface area (Å²) in [6.07, 6.45) is 4.96. The van der Waals surface area contributed by atoms with Crippen LogP contribution in [-0.4, -0.2) is 6.54 Å². The van der Waals surface area contributed by atoms with Crippen molar-refractivity contribution in [2.24, 2.45) is 17.1 Å². The van der Waals surface area contributed by atoms with E-state index in [0.29, 0.717) is 6.54 Å². The molecule has 11 heavy (non-hydrogen) atoms. The number of nitrogens with two attached hydrogens (primary N) is 1. The molecule has 1 aliphatic rings. The second kappa shape index (κ2) is 2.78. The van der Waals surface area contributed by atoms with Gasteiger partial charge in [0.2, 0.25) is 0 Å². The fourth-order valence-corrected chi connectivity index (χ4v) is 1.16. The molecule has 0 radical (unpaired) electrons. The minimum absolute atomic E-state index is 0.0599. The van der Waals surface area contributed by atoms with Crippen molar-refractivity contribution in [1.29, 1.82) is 0 Å². The Morgan fingerprint density at radius 3 is 2.82 bits per heavy atom. The van der Waals surface area contributed by atoms with Crippen molar-refractivity contribution in [3.05, 3.63) is 24.1 Å². The Morgan fingerprint density at radius 2 is 2.36 bits per heavy atom. The maximum Gasteiger partial charge on any atom is 0.119 e. The van der Waals surface area contributed by atoms with Gasteiger partial charge in [0.25, 0.3) is 0 Å². The van der Waals surface area contributed by atoms with Crippen LogP contribution >= 0.6 is 0 Å². The summed E-state index contributed by atoms with van der Waals surface area (Å²) in [6.45, 7) is 4.58. The van der Waals surface area contributed by atoms with E-state index in [1.165, 1.54) is 6.08 Å². The van der Waals surface area contributed by atoms with Gasteiger partial charge in [-0.1, -0.05) is 19.9 Å². The molecule has 2 N–H and O–H groups in total. The van der Waals surface area contributed by atoms with Crippen LogP contribution in [0.25, 0.3) is 0 Å². The molecule has 0 aliphatic heterocycles. The molecular weight excluding hydrogens is 141 g/mol. The number of hydrogen-bond donors (Lipinski definition) is 1. The molecule has 0 aromatic rings. The lowest BCUT2D eigenvalue weighted by Gasteiger charge is -2.31. The molecule has 1 aliphatic carbocycles. The van der Waals surface area contributed by atoms with Gasteiger partial charge >= 0.3 is 0 Å². The molecule has 1 rings (SSSR count). The molecule has 2 heteroatoms. The van der Waals surface area contributed by atoms with Gasteiger partial charge in [-0.25, -0.2) is 4.39 Å². The molecular formula is C9H14FN. The van der Waals surface area contributed by atoms with Crippen molar-refractivity contribution in [3.8, 4) is 0 Å². The zero-order chi connectivity index (χ0) is 8.48. The van der Waals surface area contributed by atoms with E-state index in [1.54, 1.807) is 6.08 Å². The summed E-state index contributed by atoms with van der Waals surface area (Å²) in [4.78, 5) is 0. The summed E-state index contributed by atoms with van der Waals surface area (Å²) in [7, 11) is 0. The SMILES string of the molecule is CC1C=C(F)C=C[C@@]1(C)CN. The van der Waals surface area contributed by atoms with Crippen molar-refractivity contribution in [2.75, 3.05) is 6.54 Å². The van der Waals surface area contributed by atoms with Crippen molar-refractivity contribution >= 4 is 0 Å². The lowest BCUT2D eigenvalue weighted by molar-refractivity contribution is 0.328. The second-order valence-electron chi connectivity index (χ2n) is 3.38. The molecule has 2 atom stereocenters. The molecule has 0 spiro atoms. The Bertz CT molecular complexity index is 208. The van der Waals surface area contributed by atoms with E-state index in [4.69, 9.17) is 5.73 Å². The number of allylic oxidation sites excluding steroid dienone is 3. The van der Waals surface area contributed by atoms with Gasteiger partial charge in [-0.2, -0.15) is 0 Å². The van der Waals surface area contributed by atoms with E-state index < -0.39 is 0 Å². The van der Waals surface area contributed by atoms with Gasteiger partial charge in [0.05, 0.1) is 0 Å². The van der Waals surface area contributed by atoms with Crippen molar-refractivity contribution < 1.29 is 4.39 Å². The summed E-state index contributed by atoms with van der Waals surface area (Å²) in [6, 6.07) is 0. The number of rotatable bonds is 1. The maximum absolute atomic E-state index is 12.6. The van der Waals surface area contributed by atoms with Crippen LogP contribution in [0.15, 0.2) is 24.1 Å². The highest BCUT2D eigenvalue weighted by Gasteiger charge is 2.28. The minimum atomic E-state index is -0.150. The van der Waals surface area contributed by atoms with Gasteiger partial charge in [-0.3, -0.25) is 0 Å². The summed E-state index contributed by atoms with van der Waals surface area (Å²) >= 11 is 0. The first kappa shape index (κ1) is 8.47. The molecule has 0 fully saturated rings. The molecule has 0 aromatic heterocycles. The largest absolute Gasteiger partial charge is 0.330 e. The molecule has 0 saturated heterocycles. The first-order chi connectivity index (χ1) is 5.08. The Morgan fingerprint density at radius 1 is 1.73 bits per heavy atom. The normalized spacial score (nSPS) is 37.1. The predicted molar refractivity (Wildman–Crippen MR) is 44.7 cm³/mol. The summed E-state index contributed by atoms with van der Waals surface area (Å²) in [5.74, 6) is 0.0425.